The fraction of sp³-hybridized carbons (Fsp3) is 0.900. The Bertz CT molecular complexity index is 171. The van der Waals surface area contributed by atoms with Crippen molar-refractivity contribution < 1.29 is 9.53 Å². The Hall–Kier alpha value is -0.300. The van der Waals surface area contributed by atoms with Gasteiger partial charge in [0.2, 0.25) is 0 Å². The summed E-state index contributed by atoms with van der Waals surface area (Å²) >= 11 is 0. The lowest BCUT2D eigenvalue weighted by molar-refractivity contribution is 0.0262. The highest BCUT2D eigenvalue weighted by Gasteiger charge is 2.20. The predicted molar refractivity (Wildman–Crippen MR) is 62.7 cm³/mol. The van der Waals surface area contributed by atoms with Gasteiger partial charge >= 0.3 is 6.09 Å². The molecule has 0 rings (SSSR count). The molecule has 1 atom stereocenters. The van der Waals surface area contributed by atoms with E-state index in [0.29, 0.717) is 0 Å². The molecule has 1 amide bonds. The highest BCUT2D eigenvalue weighted by Crippen LogP contribution is 2.10. The molecule has 0 saturated heterocycles. The Morgan fingerprint density at radius 2 is 1.93 bits per heavy atom. The van der Waals surface area contributed by atoms with Gasteiger partial charge in [0.1, 0.15) is 5.60 Å². The van der Waals surface area contributed by atoms with E-state index in [1.807, 2.05) is 20.8 Å². The van der Waals surface area contributed by atoms with Crippen molar-refractivity contribution in [3.8, 4) is 0 Å². The summed E-state index contributed by atoms with van der Waals surface area (Å²) < 4.78 is 5.28. The molecule has 14 heavy (non-hydrogen) atoms. The summed E-state index contributed by atoms with van der Waals surface area (Å²) in [5.41, 5.74) is -0.399. The first-order valence-electron chi connectivity index (χ1n) is 5.08. The minimum Gasteiger partial charge on any atom is -0.444 e. The van der Waals surface area contributed by atoms with Crippen LogP contribution >= 0.6 is 9.24 Å². The van der Waals surface area contributed by atoms with E-state index in [2.05, 4.69) is 16.2 Å². The highest BCUT2D eigenvalue weighted by molar-refractivity contribution is 7.16. The van der Waals surface area contributed by atoms with Crippen LogP contribution in [0.1, 0.15) is 34.1 Å². The fourth-order valence-corrected chi connectivity index (χ4v) is 1.36. The largest absolute Gasteiger partial charge is 0.444 e. The number of carbonyl (C=O) groups excluding carboxylic acids is 1. The third-order valence-corrected chi connectivity index (χ3v) is 1.80. The lowest BCUT2D eigenvalue weighted by Gasteiger charge is -2.26. The molecule has 84 valence electrons. The number of carbonyl (C=O) groups is 1. The van der Waals surface area contributed by atoms with Gasteiger partial charge in [0, 0.05) is 13.1 Å². The van der Waals surface area contributed by atoms with Gasteiger partial charge in [-0.05, 0) is 33.4 Å². The van der Waals surface area contributed by atoms with Crippen molar-refractivity contribution in [2.75, 3.05) is 19.3 Å². The second-order valence-electron chi connectivity index (χ2n) is 4.26. The van der Waals surface area contributed by atoms with Crippen molar-refractivity contribution in [1.82, 2.24) is 4.90 Å². The van der Waals surface area contributed by atoms with Crippen LogP contribution in [0.4, 0.5) is 4.79 Å². The zero-order valence-corrected chi connectivity index (χ0v) is 10.8. The maximum atomic E-state index is 11.6. The summed E-state index contributed by atoms with van der Waals surface area (Å²) in [4.78, 5) is 13.4. The number of ether oxygens (including phenoxy) is 1. The Balaban J connectivity index is 4.14. The van der Waals surface area contributed by atoms with E-state index in [9.17, 15) is 4.79 Å². The van der Waals surface area contributed by atoms with Crippen molar-refractivity contribution in [2.45, 2.75) is 39.7 Å². The molecule has 0 heterocycles. The molecular weight excluding hydrogens is 197 g/mol. The minimum absolute atomic E-state index is 0.207. The van der Waals surface area contributed by atoms with Crippen LogP contribution < -0.4 is 0 Å². The van der Waals surface area contributed by atoms with Crippen molar-refractivity contribution in [3.05, 3.63) is 0 Å². The molecule has 0 aromatic carbocycles. The van der Waals surface area contributed by atoms with Gasteiger partial charge < -0.3 is 9.64 Å². The first-order valence-corrected chi connectivity index (χ1v) is 5.90. The van der Waals surface area contributed by atoms with Crippen LogP contribution in [0.5, 0.6) is 0 Å². The zero-order chi connectivity index (χ0) is 11.2. The molecule has 0 radical (unpaired) electrons. The molecule has 0 fully saturated rings. The van der Waals surface area contributed by atoms with E-state index in [1.54, 1.807) is 4.90 Å². The van der Waals surface area contributed by atoms with Crippen LogP contribution in [-0.4, -0.2) is 35.8 Å². The number of amides is 1. The maximum absolute atomic E-state index is 11.6. The molecule has 0 aromatic rings. The third-order valence-electron chi connectivity index (χ3n) is 1.54. The van der Waals surface area contributed by atoms with Crippen LogP contribution in [0.15, 0.2) is 0 Å². The SMILES string of the molecule is CCCN(CCP)C(=O)OC(C)(C)C. The molecule has 0 aliphatic rings. The van der Waals surface area contributed by atoms with Gasteiger partial charge in [0.05, 0.1) is 0 Å². The second kappa shape index (κ2) is 6.23. The topological polar surface area (TPSA) is 29.5 Å². The van der Waals surface area contributed by atoms with Gasteiger partial charge in [-0.3, -0.25) is 0 Å². The first kappa shape index (κ1) is 13.7. The van der Waals surface area contributed by atoms with Crippen LogP contribution in [-0.2, 0) is 4.74 Å². The van der Waals surface area contributed by atoms with Crippen LogP contribution in [0.2, 0.25) is 0 Å². The minimum atomic E-state index is -0.399. The third kappa shape index (κ3) is 6.20. The second-order valence-corrected chi connectivity index (χ2v) is 4.83. The zero-order valence-electron chi connectivity index (χ0n) is 9.67. The molecule has 0 saturated carbocycles. The summed E-state index contributed by atoms with van der Waals surface area (Å²) in [5.74, 6) is 0. The van der Waals surface area contributed by atoms with E-state index in [-0.39, 0.29) is 6.09 Å². The van der Waals surface area contributed by atoms with Crippen molar-refractivity contribution >= 4 is 15.3 Å². The maximum Gasteiger partial charge on any atom is 0.410 e. The van der Waals surface area contributed by atoms with Crippen molar-refractivity contribution in [1.29, 1.82) is 0 Å². The summed E-state index contributed by atoms with van der Waals surface area (Å²) in [6, 6.07) is 0. The quantitative estimate of drug-likeness (QED) is 0.680. The van der Waals surface area contributed by atoms with Crippen molar-refractivity contribution in [3.63, 3.8) is 0 Å². The molecule has 0 spiro atoms. The van der Waals surface area contributed by atoms with E-state index in [1.165, 1.54) is 0 Å². The summed E-state index contributed by atoms with van der Waals surface area (Å²) in [5, 5.41) is 0. The first-order chi connectivity index (χ1) is 6.40. The van der Waals surface area contributed by atoms with Gasteiger partial charge in [-0.2, -0.15) is 0 Å². The summed E-state index contributed by atoms with van der Waals surface area (Å²) in [6.45, 7) is 9.22. The summed E-state index contributed by atoms with van der Waals surface area (Å²) in [7, 11) is 2.62. The van der Waals surface area contributed by atoms with Crippen LogP contribution in [0, 0.1) is 0 Å². The smallest absolute Gasteiger partial charge is 0.410 e. The number of hydrogen-bond donors (Lipinski definition) is 0. The average Bonchev–Trinajstić information content (AvgIpc) is 2.01. The van der Waals surface area contributed by atoms with Gasteiger partial charge in [0.15, 0.2) is 0 Å². The monoisotopic (exact) mass is 219 g/mol. The summed E-state index contributed by atoms with van der Waals surface area (Å²) in [6.07, 6.45) is 1.64. The number of rotatable bonds is 4. The Morgan fingerprint density at radius 3 is 2.29 bits per heavy atom. The predicted octanol–water partition coefficient (Wildman–Crippen LogP) is 2.51. The van der Waals surface area contributed by atoms with E-state index in [4.69, 9.17) is 4.74 Å². The van der Waals surface area contributed by atoms with Crippen molar-refractivity contribution in [2.24, 2.45) is 0 Å². The van der Waals surface area contributed by atoms with Gasteiger partial charge in [-0.25, -0.2) is 4.79 Å². The normalized spacial score (nSPS) is 11.2. The molecule has 0 bridgehead atoms. The molecular formula is C10H22NO2P. The Morgan fingerprint density at radius 1 is 1.36 bits per heavy atom. The van der Waals surface area contributed by atoms with E-state index in [0.717, 1.165) is 25.7 Å². The standard InChI is InChI=1S/C10H22NO2P/c1-5-6-11(7-8-14)9(12)13-10(2,3)4/h5-8,14H2,1-4H3. The molecule has 1 unspecified atom stereocenters. The van der Waals surface area contributed by atoms with Gasteiger partial charge in [-0.1, -0.05) is 6.92 Å². The Labute approximate surface area is 89.4 Å². The average molecular weight is 219 g/mol. The lowest BCUT2D eigenvalue weighted by atomic mass is 10.2. The van der Waals surface area contributed by atoms with Crippen LogP contribution in [0.3, 0.4) is 0 Å². The fourth-order valence-electron chi connectivity index (χ4n) is 1.05. The highest BCUT2D eigenvalue weighted by atomic mass is 31.0. The van der Waals surface area contributed by atoms with E-state index >= 15 is 0 Å². The van der Waals surface area contributed by atoms with Gasteiger partial charge in [-0.15, -0.1) is 9.24 Å². The Kier molecular flexibility index (Phi) is 6.10. The number of nitrogens with zero attached hydrogens (tertiary/aromatic N) is 1. The molecule has 0 aromatic heterocycles. The molecule has 3 nitrogen and oxygen atoms in total. The van der Waals surface area contributed by atoms with Crippen LogP contribution in [0.25, 0.3) is 0 Å². The molecule has 0 N–H and O–H groups in total. The molecule has 4 heteroatoms. The lowest BCUT2D eigenvalue weighted by Crippen LogP contribution is -2.38. The molecule has 0 aliphatic heterocycles. The van der Waals surface area contributed by atoms with Gasteiger partial charge in [0.25, 0.3) is 0 Å². The molecule has 0 aliphatic carbocycles. The number of hydrogen-bond acceptors (Lipinski definition) is 2. The van der Waals surface area contributed by atoms with E-state index < -0.39 is 5.60 Å².